The van der Waals surface area contributed by atoms with Crippen LogP contribution >= 0.6 is 0 Å². The molecule has 3 nitrogen and oxygen atoms in total. The van der Waals surface area contributed by atoms with Crippen LogP contribution in [0.15, 0.2) is 29.2 Å². The third-order valence-electron chi connectivity index (χ3n) is 3.47. The van der Waals surface area contributed by atoms with Crippen molar-refractivity contribution in [2.75, 3.05) is 6.61 Å². The summed E-state index contributed by atoms with van der Waals surface area (Å²) < 4.78 is 44.7. The van der Waals surface area contributed by atoms with Crippen LogP contribution in [0, 0.1) is 6.92 Å². The van der Waals surface area contributed by atoms with Crippen LogP contribution in [0.3, 0.4) is 0 Å². The molecule has 0 heterocycles. The zero-order valence-corrected chi connectivity index (χ0v) is 14.6. The number of hydrogen-bond acceptors (Lipinski definition) is 3. The average molecular weight is 329 g/mol. The third kappa shape index (κ3) is 7.95. The van der Waals surface area contributed by atoms with Crippen molar-refractivity contribution < 1.29 is 15.3 Å². The molecule has 0 amide bonds. The fourth-order valence-electron chi connectivity index (χ4n) is 2.13. The van der Waals surface area contributed by atoms with Crippen molar-refractivity contribution in [3.8, 4) is 0 Å². The van der Waals surface area contributed by atoms with Gasteiger partial charge in [0.05, 0.1) is 11.5 Å². The summed E-state index contributed by atoms with van der Waals surface area (Å²) in [5.41, 5.74) is 1.01. The Morgan fingerprint density at radius 2 is 1.55 bits per heavy atom. The molecule has 0 saturated carbocycles. The summed E-state index contributed by atoms with van der Waals surface area (Å²) >= 11 is 0. The van der Waals surface area contributed by atoms with Crippen LogP contribution in [0.5, 0.6) is 0 Å². The molecule has 0 aliphatic carbocycles. The molecule has 1 rings (SSSR count). The Balaban J connectivity index is 2.15. The van der Waals surface area contributed by atoms with Crippen LogP contribution < -0.4 is 0 Å². The Labute approximate surface area is 139 Å². The molecule has 0 aliphatic rings. The molecule has 0 unspecified atom stereocenters. The Kier molecular flexibility index (Phi) is 7.85. The maximum atomic E-state index is 12.0. The Morgan fingerprint density at radius 1 is 0.955 bits per heavy atom. The smallest absolute Gasteiger partial charge is 0.266 e. The number of unbranched alkanes of at least 4 members (excludes halogenated alkanes) is 4. The first-order valence-corrected chi connectivity index (χ1v) is 9.64. The molecule has 0 spiro atoms. The molecule has 4 heteroatoms. The zero-order valence-electron chi connectivity index (χ0n) is 15.8. The van der Waals surface area contributed by atoms with Crippen LogP contribution in [0.4, 0.5) is 0 Å². The normalized spacial score (nSPS) is 13.7. The zero-order chi connectivity index (χ0) is 18.1. The first kappa shape index (κ1) is 16.0. The molecule has 0 fully saturated rings. The van der Waals surface area contributed by atoms with Crippen LogP contribution in [0.1, 0.15) is 73.0 Å². The lowest BCUT2D eigenvalue weighted by atomic mass is 10.1. The summed E-state index contributed by atoms with van der Waals surface area (Å²) in [5, 5.41) is 0. The van der Waals surface area contributed by atoms with E-state index in [1.807, 2.05) is 13.8 Å². The molecule has 0 bridgehead atoms. The quantitative estimate of drug-likeness (QED) is 0.390. The summed E-state index contributed by atoms with van der Waals surface area (Å²) in [5.74, 6) is 0. The van der Waals surface area contributed by atoms with E-state index in [0.29, 0.717) is 19.3 Å². The van der Waals surface area contributed by atoms with Crippen LogP contribution in [0.2, 0.25) is 0 Å². The van der Waals surface area contributed by atoms with Gasteiger partial charge in [-0.2, -0.15) is 8.42 Å². The fourth-order valence-corrected chi connectivity index (χ4v) is 3.07. The molecular formula is C18H30O3S. The Bertz CT molecular complexity index is 568. The molecule has 0 saturated heterocycles. The van der Waals surface area contributed by atoms with Crippen molar-refractivity contribution in [3.05, 3.63) is 29.8 Å². The number of benzene rings is 1. The van der Waals surface area contributed by atoms with Crippen molar-refractivity contribution in [1.29, 1.82) is 0 Å². The van der Waals surface area contributed by atoms with E-state index in [1.165, 1.54) is 0 Å². The highest BCUT2D eigenvalue weighted by Crippen LogP contribution is 2.14. The first-order valence-electron chi connectivity index (χ1n) is 9.23. The molecule has 0 radical (unpaired) electrons. The second-order valence-corrected chi connectivity index (χ2v) is 7.22. The number of aryl methyl sites for hydroxylation is 1. The summed E-state index contributed by atoms with van der Waals surface area (Å²) in [6, 6.07) is 6.64. The summed E-state index contributed by atoms with van der Waals surface area (Å²) in [7, 11) is -3.65. The maximum absolute atomic E-state index is 12.0. The van der Waals surface area contributed by atoms with E-state index in [-0.39, 0.29) is 11.5 Å². The second-order valence-electron chi connectivity index (χ2n) is 5.61. The van der Waals surface area contributed by atoms with Gasteiger partial charge >= 0.3 is 0 Å². The minimum Gasteiger partial charge on any atom is -0.266 e. The van der Waals surface area contributed by atoms with Gasteiger partial charge in [0, 0.05) is 2.74 Å². The van der Waals surface area contributed by atoms with Gasteiger partial charge in [-0.25, -0.2) is 0 Å². The van der Waals surface area contributed by atoms with Gasteiger partial charge in [-0.05, 0) is 25.5 Å². The van der Waals surface area contributed by atoms with Gasteiger partial charge < -0.3 is 0 Å². The largest absolute Gasteiger partial charge is 0.296 e. The topological polar surface area (TPSA) is 43.4 Å². The van der Waals surface area contributed by atoms with Gasteiger partial charge in [0.1, 0.15) is 0 Å². The third-order valence-corrected chi connectivity index (χ3v) is 4.80. The van der Waals surface area contributed by atoms with Crippen LogP contribution in [-0.4, -0.2) is 15.0 Å². The van der Waals surface area contributed by atoms with Crippen molar-refractivity contribution >= 4 is 10.1 Å². The van der Waals surface area contributed by atoms with E-state index in [2.05, 4.69) is 0 Å². The fraction of sp³-hybridized carbons (Fsp3) is 0.667. The Morgan fingerprint density at radius 3 is 2.18 bits per heavy atom. The first-order chi connectivity index (χ1) is 11.3. The predicted molar refractivity (Wildman–Crippen MR) is 91.5 cm³/mol. The van der Waals surface area contributed by atoms with E-state index in [1.54, 1.807) is 24.3 Å². The monoisotopic (exact) mass is 328 g/mol. The van der Waals surface area contributed by atoms with Gasteiger partial charge in [0.2, 0.25) is 0 Å². The molecule has 0 N–H and O–H groups in total. The lowest BCUT2D eigenvalue weighted by Gasteiger charge is -2.06. The van der Waals surface area contributed by atoms with Crippen LogP contribution in [-0.2, 0) is 14.3 Å². The summed E-state index contributed by atoms with van der Waals surface area (Å²) in [6.45, 7) is 4.11. The van der Waals surface area contributed by atoms with E-state index in [0.717, 1.165) is 37.7 Å². The maximum Gasteiger partial charge on any atom is 0.296 e. The highest BCUT2D eigenvalue weighted by Gasteiger charge is 2.14. The van der Waals surface area contributed by atoms with E-state index in [4.69, 9.17) is 6.92 Å². The number of rotatable bonds is 12. The highest BCUT2D eigenvalue weighted by molar-refractivity contribution is 7.86. The van der Waals surface area contributed by atoms with E-state index >= 15 is 0 Å². The molecule has 1 aromatic rings. The van der Waals surface area contributed by atoms with Gasteiger partial charge in [0.25, 0.3) is 10.1 Å². The van der Waals surface area contributed by atoms with Crippen molar-refractivity contribution in [3.63, 3.8) is 0 Å². The molecule has 126 valence electrons. The van der Waals surface area contributed by atoms with Gasteiger partial charge in [-0.1, -0.05) is 75.9 Å². The second kappa shape index (κ2) is 10.8. The SMILES string of the molecule is [2H]C([2H])(CCC)CCCCCCCOS(=O)(=O)c1ccc(C)cc1. The van der Waals surface area contributed by atoms with Gasteiger partial charge in [0.15, 0.2) is 0 Å². The predicted octanol–water partition coefficient (Wildman–Crippen LogP) is 5.23. The minimum absolute atomic E-state index is 0.200. The van der Waals surface area contributed by atoms with E-state index < -0.39 is 16.5 Å². The summed E-state index contributed by atoms with van der Waals surface area (Å²) in [6.07, 6.45) is 5.52. The Hall–Kier alpha value is -0.870. The number of hydrogen-bond donors (Lipinski definition) is 0. The average Bonchev–Trinajstić information content (AvgIpc) is 2.50. The van der Waals surface area contributed by atoms with Crippen LogP contribution in [0.25, 0.3) is 0 Å². The molecular weight excluding hydrogens is 296 g/mol. The minimum atomic E-state index is -3.65. The van der Waals surface area contributed by atoms with Crippen molar-refractivity contribution in [2.45, 2.75) is 76.5 Å². The highest BCUT2D eigenvalue weighted by atomic mass is 32.2. The molecule has 0 atom stereocenters. The van der Waals surface area contributed by atoms with E-state index in [9.17, 15) is 8.42 Å². The summed E-state index contributed by atoms with van der Waals surface area (Å²) in [4.78, 5) is 0.200. The van der Waals surface area contributed by atoms with Gasteiger partial charge in [-0.3, -0.25) is 4.18 Å². The molecule has 22 heavy (non-hydrogen) atoms. The molecule has 0 aromatic heterocycles. The lowest BCUT2D eigenvalue weighted by molar-refractivity contribution is 0.306. The standard InChI is InChI=1S/C18H30O3S/c1-3-4-5-6-7-8-9-10-11-16-21-22(19,20)18-14-12-17(2)13-15-18/h12-15H,3-11,16H2,1-2H3/i5D2. The molecule has 1 aromatic carbocycles. The molecule has 0 aliphatic heterocycles. The lowest BCUT2D eigenvalue weighted by Crippen LogP contribution is -2.07. The van der Waals surface area contributed by atoms with Gasteiger partial charge in [-0.15, -0.1) is 0 Å². The van der Waals surface area contributed by atoms with Crippen molar-refractivity contribution in [2.24, 2.45) is 0 Å². The van der Waals surface area contributed by atoms with Crippen molar-refractivity contribution in [1.82, 2.24) is 0 Å².